The van der Waals surface area contributed by atoms with Gasteiger partial charge in [0.15, 0.2) is 0 Å². The average Bonchev–Trinajstić information content (AvgIpc) is 2.95. The van der Waals surface area contributed by atoms with Crippen molar-refractivity contribution in [2.45, 2.75) is 0 Å². The Morgan fingerprint density at radius 3 is 1.19 bits per heavy atom. The molecule has 0 radical (unpaired) electrons. The summed E-state index contributed by atoms with van der Waals surface area (Å²) in [6.07, 6.45) is 9.28. The highest BCUT2D eigenvalue weighted by Crippen LogP contribution is 2.66. The van der Waals surface area contributed by atoms with Gasteiger partial charge in [0, 0.05) is 13.2 Å². The molecule has 2 nitrogen and oxygen atoms in total. The number of rotatable bonds is 2. The van der Waals surface area contributed by atoms with Gasteiger partial charge in [-0.3, -0.25) is 0 Å². The molecule has 4 rings (SSSR count). The summed E-state index contributed by atoms with van der Waals surface area (Å²) in [6.45, 7) is 0.639. The first-order valence-electron chi connectivity index (χ1n) is 6.45. The molecular weight excluding hydrogens is 200 g/mol. The van der Waals surface area contributed by atoms with Gasteiger partial charge < -0.3 is 10.2 Å². The van der Waals surface area contributed by atoms with Crippen LogP contribution in [0.1, 0.15) is 0 Å². The summed E-state index contributed by atoms with van der Waals surface area (Å²) in [5.41, 5.74) is 0. The Balaban J connectivity index is 1.80. The van der Waals surface area contributed by atoms with Gasteiger partial charge in [0.05, 0.1) is 0 Å². The second-order valence-electron chi connectivity index (χ2n) is 5.93. The van der Waals surface area contributed by atoms with Crippen LogP contribution >= 0.6 is 0 Å². The number of aliphatic hydroxyl groups is 2. The van der Waals surface area contributed by atoms with Crippen LogP contribution in [0.5, 0.6) is 0 Å². The third kappa shape index (κ3) is 0.844. The molecule has 2 fully saturated rings. The molecule has 4 aliphatic rings. The van der Waals surface area contributed by atoms with Crippen LogP contribution in [0.3, 0.4) is 0 Å². The smallest absolute Gasteiger partial charge is 0.0470 e. The summed E-state index contributed by atoms with van der Waals surface area (Å²) >= 11 is 0. The van der Waals surface area contributed by atoms with Crippen LogP contribution in [0.2, 0.25) is 0 Å². The molecule has 4 unspecified atom stereocenters. The van der Waals surface area contributed by atoms with Crippen LogP contribution < -0.4 is 0 Å². The van der Waals surface area contributed by atoms with Crippen molar-refractivity contribution in [3.63, 3.8) is 0 Å². The zero-order chi connectivity index (χ0) is 10.9. The molecule has 0 aromatic heterocycles. The lowest BCUT2D eigenvalue weighted by atomic mass is 9.84. The molecule has 16 heavy (non-hydrogen) atoms. The zero-order valence-electron chi connectivity index (χ0n) is 9.24. The van der Waals surface area contributed by atoms with Crippen molar-refractivity contribution in [1.82, 2.24) is 0 Å². The molecule has 0 aliphatic heterocycles. The van der Waals surface area contributed by atoms with E-state index in [1.165, 1.54) is 0 Å². The summed E-state index contributed by atoms with van der Waals surface area (Å²) < 4.78 is 0. The van der Waals surface area contributed by atoms with Crippen LogP contribution in [0.4, 0.5) is 0 Å². The molecular formula is C14H18O2. The fourth-order valence-corrected chi connectivity index (χ4v) is 5.28. The molecule has 0 aromatic carbocycles. The number of hydrogen-bond acceptors (Lipinski definition) is 2. The molecule has 0 amide bonds. The van der Waals surface area contributed by atoms with Crippen LogP contribution in [-0.2, 0) is 0 Å². The number of aliphatic hydroxyl groups excluding tert-OH is 2. The van der Waals surface area contributed by atoms with Crippen LogP contribution in [0, 0.1) is 47.3 Å². The third-order valence-corrected chi connectivity index (χ3v) is 5.73. The van der Waals surface area contributed by atoms with E-state index in [4.69, 9.17) is 0 Å². The normalized spacial score (nSPS) is 59.9. The largest absolute Gasteiger partial charge is 0.396 e. The molecule has 8 atom stereocenters. The molecule has 0 heterocycles. The number of allylic oxidation sites excluding steroid dienone is 4. The van der Waals surface area contributed by atoms with E-state index in [2.05, 4.69) is 24.3 Å². The maximum atomic E-state index is 9.57. The summed E-state index contributed by atoms with van der Waals surface area (Å²) in [5, 5.41) is 19.1. The topological polar surface area (TPSA) is 40.5 Å². The van der Waals surface area contributed by atoms with Gasteiger partial charge in [-0.15, -0.1) is 0 Å². The molecule has 2 heteroatoms. The van der Waals surface area contributed by atoms with E-state index in [0.717, 1.165) is 0 Å². The van der Waals surface area contributed by atoms with E-state index >= 15 is 0 Å². The summed E-state index contributed by atoms with van der Waals surface area (Å²) in [5.74, 6) is 4.61. The lowest BCUT2D eigenvalue weighted by molar-refractivity contribution is 0.149. The summed E-state index contributed by atoms with van der Waals surface area (Å²) in [6, 6.07) is 0. The summed E-state index contributed by atoms with van der Waals surface area (Å²) in [4.78, 5) is 0. The van der Waals surface area contributed by atoms with E-state index in [-0.39, 0.29) is 0 Å². The van der Waals surface area contributed by atoms with Crippen LogP contribution in [0.25, 0.3) is 0 Å². The Kier molecular flexibility index (Phi) is 1.76. The highest BCUT2D eigenvalue weighted by Gasteiger charge is 2.63. The van der Waals surface area contributed by atoms with Crippen molar-refractivity contribution in [1.29, 1.82) is 0 Å². The van der Waals surface area contributed by atoms with Crippen molar-refractivity contribution in [3.05, 3.63) is 24.3 Å². The van der Waals surface area contributed by atoms with Crippen molar-refractivity contribution in [3.8, 4) is 0 Å². The zero-order valence-corrected chi connectivity index (χ0v) is 9.24. The van der Waals surface area contributed by atoms with Gasteiger partial charge >= 0.3 is 0 Å². The van der Waals surface area contributed by atoms with Crippen molar-refractivity contribution < 1.29 is 10.2 Å². The Morgan fingerprint density at radius 2 is 0.938 bits per heavy atom. The van der Waals surface area contributed by atoms with Gasteiger partial charge in [-0.1, -0.05) is 24.3 Å². The van der Waals surface area contributed by atoms with Gasteiger partial charge in [-0.25, -0.2) is 0 Å². The van der Waals surface area contributed by atoms with Gasteiger partial charge in [0.25, 0.3) is 0 Å². The van der Waals surface area contributed by atoms with E-state index in [9.17, 15) is 10.2 Å². The predicted molar refractivity (Wildman–Crippen MR) is 60.4 cm³/mol. The van der Waals surface area contributed by atoms with Crippen molar-refractivity contribution >= 4 is 0 Å². The highest BCUT2D eigenvalue weighted by atomic mass is 16.3. The SMILES string of the molecule is OCC1[C@H]2C=C[C@H]3C(CO)[C@@H]4C=C[C@@H]1C4C23. The first-order valence-corrected chi connectivity index (χ1v) is 6.45. The molecule has 0 bridgehead atoms. The third-order valence-electron chi connectivity index (χ3n) is 5.73. The first-order chi connectivity index (χ1) is 7.86. The second-order valence-corrected chi connectivity index (χ2v) is 5.93. The van der Waals surface area contributed by atoms with Gasteiger partial charge in [-0.05, 0) is 47.3 Å². The highest BCUT2D eigenvalue weighted by molar-refractivity contribution is 5.29. The van der Waals surface area contributed by atoms with E-state index in [1.807, 2.05) is 0 Å². The molecule has 4 aliphatic carbocycles. The minimum Gasteiger partial charge on any atom is -0.396 e. The Morgan fingerprint density at radius 1 is 0.625 bits per heavy atom. The van der Waals surface area contributed by atoms with Gasteiger partial charge in [-0.2, -0.15) is 0 Å². The van der Waals surface area contributed by atoms with Gasteiger partial charge in [0.2, 0.25) is 0 Å². The lowest BCUT2D eigenvalue weighted by Crippen LogP contribution is -2.22. The van der Waals surface area contributed by atoms with Gasteiger partial charge in [0.1, 0.15) is 0 Å². The minimum absolute atomic E-state index is 0.320. The fraction of sp³-hybridized carbons (Fsp3) is 0.714. The maximum Gasteiger partial charge on any atom is 0.0470 e. The Labute approximate surface area is 95.7 Å². The standard InChI is InChI=1S/C14H18O2/c15-5-11-7-1-2-8-12(6-16)10-4-3-9(11)14(10)13(7)8/h1-4,7-16H,5-6H2/t7-,8-,9-,10+,11?,12?,13?,14?/m0/s1. The quantitative estimate of drug-likeness (QED) is 0.681. The lowest BCUT2D eigenvalue weighted by Gasteiger charge is -2.22. The van der Waals surface area contributed by atoms with E-state index < -0.39 is 0 Å². The van der Waals surface area contributed by atoms with Crippen molar-refractivity contribution in [2.24, 2.45) is 47.3 Å². The monoisotopic (exact) mass is 218 g/mol. The minimum atomic E-state index is 0.320. The van der Waals surface area contributed by atoms with Crippen molar-refractivity contribution in [2.75, 3.05) is 13.2 Å². The molecule has 2 saturated carbocycles. The molecule has 86 valence electrons. The second kappa shape index (κ2) is 2.99. The molecule has 0 saturated heterocycles. The van der Waals surface area contributed by atoms with E-state index in [0.29, 0.717) is 60.6 Å². The summed E-state index contributed by atoms with van der Waals surface area (Å²) in [7, 11) is 0. The predicted octanol–water partition coefficient (Wildman–Crippen LogP) is 1.07. The maximum absolute atomic E-state index is 9.57. The molecule has 0 spiro atoms. The molecule has 2 N–H and O–H groups in total. The first kappa shape index (κ1) is 9.43. The average molecular weight is 218 g/mol. The molecule has 0 aromatic rings. The van der Waals surface area contributed by atoms with Crippen LogP contribution in [-0.4, -0.2) is 23.4 Å². The fourth-order valence-electron chi connectivity index (χ4n) is 5.28. The van der Waals surface area contributed by atoms with Crippen LogP contribution in [0.15, 0.2) is 24.3 Å². The van der Waals surface area contributed by atoms with E-state index in [1.54, 1.807) is 0 Å². The number of hydrogen-bond donors (Lipinski definition) is 2. The Bertz CT molecular complexity index is 309. The Hall–Kier alpha value is -0.600.